The van der Waals surface area contributed by atoms with Crippen LogP contribution in [0.3, 0.4) is 0 Å². The van der Waals surface area contributed by atoms with Crippen molar-refractivity contribution in [2.75, 3.05) is 0 Å². The van der Waals surface area contributed by atoms with Gasteiger partial charge in [0.05, 0.1) is 0 Å². The van der Waals surface area contributed by atoms with Crippen LogP contribution < -0.4 is 0 Å². The molecule has 52 valence electrons. The van der Waals surface area contributed by atoms with Crippen LogP contribution in [0.15, 0.2) is 0 Å². The maximum Gasteiger partial charge on any atom is -0.0427 e. The Kier molecular flexibility index (Phi) is 0.774. The largest absolute Gasteiger partial charge is 0.337 e. The Morgan fingerprint density at radius 1 is 1.44 bits per heavy atom. The van der Waals surface area contributed by atoms with E-state index >= 15 is 0 Å². The van der Waals surface area contributed by atoms with Crippen molar-refractivity contribution in [3.8, 4) is 0 Å². The molecule has 2 aliphatic rings. The molecule has 0 aliphatic heterocycles. The van der Waals surface area contributed by atoms with Crippen LogP contribution in [-0.2, 0) is 0 Å². The third-order valence-corrected chi connectivity index (χ3v) is 4.12. The summed E-state index contributed by atoms with van der Waals surface area (Å²) in [7, 11) is 0. The van der Waals surface area contributed by atoms with E-state index in [1.807, 2.05) is 0 Å². The Bertz CT molecular complexity index is 150. The van der Waals surface area contributed by atoms with Gasteiger partial charge in [0, 0.05) is 0 Å². The zero-order valence-electron chi connectivity index (χ0n) is 6.41. The summed E-state index contributed by atoms with van der Waals surface area (Å²) in [6.07, 6.45) is 4.19. The van der Waals surface area contributed by atoms with Crippen LogP contribution in [0.1, 0.15) is 33.1 Å². The quantitative estimate of drug-likeness (QED) is 0.434. The van der Waals surface area contributed by atoms with Crippen LogP contribution in [0.2, 0.25) is 0 Å². The van der Waals surface area contributed by atoms with Gasteiger partial charge in [0.2, 0.25) is 0 Å². The molecule has 0 bridgehead atoms. The van der Waals surface area contributed by atoms with Crippen LogP contribution in [-0.4, -0.2) is 0 Å². The number of rotatable bonds is 0. The molecule has 3 atom stereocenters. The second-order valence-corrected chi connectivity index (χ2v) is 4.30. The Morgan fingerprint density at radius 3 is 2.11 bits per heavy atom. The number of hydrogen-bond donors (Lipinski definition) is 0. The lowest BCUT2D eigenvalue weighted by Crippen LogP contribution is -2.61. The van der Waals surface area contributed by atoms with Gasteiger partial charge in [-0.3, -0.25) is 0 Å². The molecule has 0 N–H and O–H groups in total. The Morgan fingerprint density at radius 2 is 2.11 bits per heavy atom. The average Bonchev–Trinajstić information content (AvgIpc) is 1.84. The fourth-order valence-corrected chi connectivity index (χ4v) is 2.66. The Labute approximate surface area is 57.6 Å². The topological polar surface area (TPSA) is 0 Å². The highest BCUT2D eigenvalue weighted by Crippen LogP contribution is 2.72. The predicted molar refractivity (Wildman–Crippen MR) is 38.9 cm³/mol. The maximum atomic E-state index is 4.27. The molecule has 9 heavy (non-hydrogen) atoms. The smallest absolute Gasteiger partial charge is 0.0427 e. The molecule has 2 fully saturated rings. The molecule has 0 spiro atoms. The molecule has 2 saturated carbocycles. The number of hydrogen-bond acceptors (Lipinski definition) is 0. The summed E-state index contributed by atoms with van der Waals surface area (Å²) in [5, 5.41) is 0. The fourth-order valence-electron chi connectivity index (χ4n) is 2.66. The molecule has 0 radical (unpaired) electrons. The highest BCUT2D eigenvalue weighted by Gasteiger charge is 2.58. The minimum atomic E-state index is 0.520. The molecule has 0 aromatic rings. The van der Waals surface area contributed by atoms with Gasteiger partial charge in [0.25, 0.3) is 0 Å². The van der Waals surface area contributed by atoms with Crippen molar-refractivity contribution in [2.45, 2.75) is 33.1 Å². The second kappa shape index (κ2) is 1.21. The SMILES string of the molecule is [CH2-]C12CCC1(C)C(C)C2. The van der Waals surface area contributed by atoms with E-state index in [1.54, 1.807) is 0 Å². The Hall–Kier alpha value is 0. The summed E-state index contributed by atoms with van der Waals surface area (Å²) in [4.78, 5) is 0. The van der Waals surface area contributed by atoms with Crippen molar-refractivity contribution < 1.29 is 0 Å². The van der Waals surface area contributed by atoms with E-state index in [4.69, 9.17) is 0 Å². The van der Waals surface area contributed by atoms with Gasteiger partial charge in [0.1, 0.15) is 0 Å². The van der Waals surface area contributed by atoms with E-state index in [-0.39, 0.29) is 0 Å². The minimum absolute atomic E-state index is 0.520. The molecule has 3 unspecified atom stereocenters. The summed E-state index contributed by atoms with van der Waals surface area (Å²) >= 11 is 0. The standard InChI is InChI=1S/C9H15/c1-7-6-8(2)4-5-9(7,8)3/h7H,2,4-6H2,1,3H3/q-1. The van der Waals surface area contributed by atoms with Crippen molar-refractivity contribution in [3.05, 3.63) is 6.92 Å². The lowest BCUT2D eigenvalue weighted by Gasteiger charge is -2.75. The molecule has 0 nitrogen and oxygen atoms in total. The minimum Gasteiger partial charge on any atom is -0.337 e. The zero-order chi connectivity index (χ0) is 6.70. The van der Waals surface area contributed by atoms with E-state index in [2.05, 4.69) is 20.8 Å². The maximum absolute atomic E-state index is 4.27. The first kappa shape index (κ1) is 5.76. The van der Waals surface area contributed by atoms with Crippen LogP contribution in [0.5, 0.6) is 0 Å². The first-order valence-electron chi connectivity index (χ1n) is 3.94. The molecule has 0 saturated heterocycles. The molecule has 2 rings (SSSR count). The van der Waals surface area contributed by atoms with Crippen LogP contribution in [0.4, 0.5) is 0 Å². The molecular weight excluding hydrogens is 108 g/mol. The summed E-state index contributed by atoms with van der Waals surface area (Å²) in [6.45, 7) is 9.03. The van der Waals surface area contributed by atoms with Crippen molar-refractivity contribution in [1.29, 1.82) is 0 Å². The monoisotopic (exact) mass is 123 g/mol. The molecule has 0 aromatic carbocycles. The van der Waals surface area contributed by atoms with Gasteiger partial charge in [-0.25, -0.2) is 0 Å². The van der Waals surface area contributed by atoms with Gasteiger partial charge < -0.3 is 6.92 Å². The van der Waals surface area contributed by atoms with Crippen LogP contribution in [0, 0.1) is 23.7 Å². The molecule has 0 amide bonds. The van der Waals surface area contributed by atoms with Crippen molar-refractivity contribution in [3.63, 3.8) is 0 Å². The summed E-state index contributed by atoms with van der Waals surface area (Å²) in [6, 6.07) is 0. The summed E-state index contributed by atoms with van der Waals surface area (Å²) in [5.41, 5.74) is 1.17. The van der Waals surface area contributed by atoms with Gasteiger partial charge in [0.15, 0.2) is 0 Å². The van der Waals surface area contributed by atoms with E-state index in [9.17, 15) is 0 Å². The zero-order valence-corrected chi connectivity index (χ0v) is 6.41. The van der Waals surface area contributed by atoms with E-state index in [1.165, 1.54) is 19.3 Å². The van der Waals surface area contributed by atoms with E-state index < -0.39 is 0 Å². The molecular formula is C9H15-. The third kappa shape index (κ3) is 0.395. The van der Waals surface area contributed by atoms with Gasteiger partial charge >= 0.3 is 0 Å². The molecule has 0 heteroatoms. The van der Waals surface area contributed by atoms with Crippen molar-refractivity contribution in [1.82, 2.24) is 0 Å². The molecule has 0 aromatic heterocycles. The molecule has 0 heterocycles. The van der Waals surface area contributed by atoms with E-state index in [0.717, 1.165) is 5.92 Å². The first-order valence-corrected chi connectivity index (χ1v) is 3.94. The first-order chi connectivity index (χ1) is 4.08. The molecule has 2 aliphatic carbocycles. The highest BCUT2D eigenvalue weighted by atomic mass is 14.7. The highest BCUT2D eigenvalue weighted by molar-refractivity contribution is 5.16. The van der Waals surface area contributed by atoms with Gasteiger partial charge in [-0.05, 0) is 5.92 Å². The van der Waals surface area contributed by atoms with Crippen molar-refractivity contribution in [2.24, 2.45) is 16.7 Å². The second-order valence-electron chi connectivity index (χ2n) is 4.30. The number of fused-ring (bicyclic) bond motifs is 1. The fraction of sp³-hybridized carbons (Fsp3) is 0.889. The van der Waals surface area contributed by atoms with Gasteiger partial charge in [-0.15, -0.1) is 0 Å². The normalized spacial score (nSPS) is 63.7. The van der Waals surface area contributed by atoms with Crippen molar-refractivity contribution >= 4 is 0 Å². The van der Waals surface area contributed by atoms with Gasteiger partial charge in [-0.1, -0.05) is 38.5 Å². The lowest BCUT2D eigenvalue weighted by atomic mass is 9.35. The van der Waals surface area contributed by atoms with Gasteiger partial charge in [-0.2, -0.15) is 5.41 Å². The third-order valence-electron chi connectivity index (χ3n) is 4.12. The van der Waals surface area contributed by atoms with Crippen LogP contribution >= 0.6 is 0 Å². The lowest BCUT2D eigenvalue weighted by molar-refractivity contribution is -0.182. The van der Waals surface area contributed by atoms with E-state index in [0.29, 0.717) is 10.8 Å². The summed E-state index contributed by atoms with van der Waals surface area (Å²) in [5.74, 6) is 0.948. The van der Waals surface area contributed by atoms with Crippen LogP contribution in [0.25, 0.3) is 0 Å². The Balaban J connectivity index is 2.21. The average molecular weight is 123 g/mol. The predicted octanol–water partition coefficient (Wildman–Crippen LogP) is 2.65. The summed E-state index contributed by atoms with van der Waals surface area (Å²) < 4.78 is 0.